The predicted octanol–water partition coefficient (Wildman–Crippen LogP) is 3.50. The number of benzene rings is 1. The van der Waals surface area contributed by atoms with Gasteiger partial charge in [0.2, 0.25) is 5.89 Å². The topological polar surface area (TPSA) is 83.8 Å². The van der Waals surface area contributed by atoms with Crippen LogP contribution in [-0.4, -0.2) is 27.6 Å². The third-order valence-electron chi connectivity index (χ3n) is 3.75. The van der Waals surface area contributed by atoms with Crippen LogP contribution >= 0.6 is 0 Å². The number of nitrogens with zero attached hydrogens (tertiary/aromatic N) is 2. The molecule has 142 valence electrons. The molecule has 3 rings (SSSR count). The average Bonchev–Trinajstić information content (AvgIpc) is 3.22. The van der Waals surface area contributed by atoms with E-state index in [1.807, 2.05) is 0 Å². The molecule has 27 heavy (non-hydrogen) atoms. The molecule has 10 heteroatoms. The number of hydrogen-bond acceptors (Lipinski definition) is 4. The molecule has 2 N–H and O–H groups in total. The summed E-state index contributed by atoms with van der Waals surface area (Å²) in [6.07, 6.45) is -3.11. The zero-order valence-corrected chi connectivity index (χ0v) is 14.0. The van der Waals surface area contributed by atoms with Gasteiger partial charge in [0.05, 0.1) is 11.3 Å². The van der Waals surface area contributed by atoms with E-state index in [0.717, 1.165) is 0 Å². The third-order valence-corrected chi connectivity index (χ3v) is 3.75. The Balaban J connectivity index is 1.62. The van der Waals surface area contributed by atoms with Crippen LogP contribution in [0.25, 0.3) is 11.5 Å². The van der Waals surface area contributed by atoms with Crippen molar-refractivity contribution in [2.75, 3.05) is 6.54 Å². The van der Waals surface area contributed by atoms with E-state index in [9.17, 15) is 22.4 Å². The Labute approximate surface area is 150 Å². The first kappa shape index (κ1) is 18.6. The highest BCUT2D eigenvalue weighted by molar-refractivity contribution is 5.96. The van der Waals surface area contributed by atoms with Gasteiger partial charge in [0, 0.05) is 24.2 Å². The highest BCUT2D eigenvalue weighted by Crippen LogP contribution is 2.31. The largest absolute Gasteiger partial charge is 0.444 e. The highest BCUT2D eigenvalue weighted by Gasteiger charge is 2.39. The maximum atomic E-state index is 12.9. The van der Waals surface area contributed by atoms with Crippen LogP contribution in [0.2, 0.25) is 0 Å². The maximum Gasteiger partial charge on any atom is 0.435 e. The SMILES string of the molecule is Cc1[nH]nc(C(F)(F)F)c1C(=O)NCCc1coc(-c2ccc(F)cc2)n1. The summed E-state index contributed by atoms with van der Waals surface area (Å²) < 4.78 is 56.9. The van der Waals surface area contributed by atoms with E-state index in [4.69, 9.17) is 4.42 Å². The summed E-state index contributed by atoms with van der Waals surface area (Å²) in [4.78, 5) is 16.3. The van der Waals surface area contributed by atoms with Gasteiger partial charge in [0.15, 0.2) is 5.69 Å². The number of halogens is 4. The lowest BCUT2D eigenvalue weighted by Gasteiger charge is -2.07. The Hall–Kier alpha value is -3.17. The summed E-state index contributed by atoms with van der Waals surface area (Å²) in [7, 11) is 0. The fourth-order valence-electron chi connectivity index (χ4n) is 2.45. The van der Waals surface area contributed by atoms with Crippen LogP contribution in [0.4, 0.5) is 17.6 Å². The standard InChI is InChI=1S/C17H14F4N4O2/c1-9-13(14(25-24-9)17(19,20)21)15(26)22-7-6-12-8-27-16(23-12)10-2-4-11(18)5-3-10/h2-5,8H,6-7H2,1H3,(H,22,26)(H,24,25). The van der Waals surface area contributed by atoms with Crippen LogP contribution < -0.4 is 5.32 Å². The molecule has 0 radical (unpaired) electrons. The number of aromatic amines is 1. The smallest absolute Gasteiger partial charge is 0.435 e. The quantitative estimate of drug-likeness (QED) is 0.662. The molecule has 0 atom stereocenters. The summed E-state index contributed by atoms with van der Waals surface area (Å²) in [5.41, 5.74) is -0.683. The molecule has 1 amide bonds. The lowest BCUT2D eigenvalue weighted by molar-refractivity contribution is -0.141. The first-order valence-corrected chi connectivity index (χ1v) is 7.86. The van der Waals surface area contributed by atoms with E-state index in [1.165, 1.54) is 37.5 Å². The Bertz CT molecular complexity index is 945. The van der Waals surface area contributed by atoms with Gasteiger partial charge in [0.25, 0.3) is 5.91 Å². The van der Waals surface area contributed by atoms with Crippen LogP contribution in [-0.2, 0) is 12.6 Å². The molecule has 0 saturated carbocycles. The van der Waals surface area contributed by atoms with Gasteiger partial charge in [-0.25, -0.2) is 9.37 Å². The molecular weight excluding hydrogens is 368 g/mol. The number of carbonyl (C=O) groups excluding carboxylic acids is 1. The van der Waals surface area contributed by atoms with Gasteiger partial charge in [-0.1, -0.05) is 0 Å². The van der Waals surface area contributed by atoms with Crippen LogP contribution in [0.15, 0.2) is 34.9 Å². The van der Waals surface area contributed by atoms with Gasteiger partial charge in [-0.2, -0.15) is 18.3 Å². The molecule has 0 aliphatic carbocycles. The monoisotopic (exact) mass is 382 g/mol. The molecule has 0 saturated heterocycles. The average molecular weight is 382 g/mol. The van der Waals surface area contributed by atoms with Crippen molar-refractivity contribution in [2.45, 2.75) is 19.5 Å². The minimum Gasteiger partial charge on any atom is -0.444 e. The van der Waals surface area contributed by atoms with E-state index in [2.05, 4.69) is 20.5 Å². The van der Waals surface area contributed by atoms with Gasteiger partial charge in [-0.05, 0) is 31.2 Å². The van der Waals surface area contributed by atoms with Crippen LogP contribution in [0.1, 0.15) is 27.4 Å². The lowest BCUT2D eigenvalue weighted by atomic mass is 10.1. The zero-order valence-electron chi connectivity index (χ0n) is 14.0. The Morgan fingerprint density at radius 3 is 2.63 bits per heavy atom. The molecule has 0 unspecified atom stereocenters. The van der Waals surface area contributed by atoms with Crippen molar-refractivity contribution in [1.29, 1.82) is 0 Å². The number of aromatic nitrogens is 3. The number of aryl methyl sites for hydroxylation is 1. The van der Waals surface area contributed by atoms with E-state index in [-0.39, 0.29) is 30.4 Å². The maximum absolute atomic E-state index is 12.9. The van der Waals surface area contributed by atoms with Gasteiger partial charge < -0.3 is 9.73 Å². The van der Waals surface area contributed by atoms with Gasteiger partial charge in [0.1, 0.15) is 12.1 Å². The summed E-state index contributed by atoms with van der Waals surface area (Å²) in [5.74, 6) is -0.988. The van der Waals surface area contributed by atoms with Gasteiger partial charge >= 0.3 is 6.18 Å². The molecule has 0 aliphatic rings. The molecule has 0 fully saturated rings. The second-order valence-electron chi connectivity index (χ2n) is 5.73. The lowest BCUT2D eigenvalue weighted by Crippen LogP contribution is -2.28. The molecule has 6 nitrogen and oxygen atoms in total. The number of nitrogens with one attached hydrogen (secondary N) is 2. The number of rotatable bonds is 5. The molecule has 2 aromatic heterocycles. The highest BCUT2D eigenvalue weighted by atomic mass is 19.4. The Morgan fingerprint density at radius 1 is 1.26 bits per heavy atom. The van der Waals surface area contributed by atoms with Crippen LogP contribution in [0.3, 0.4) is 0 Å². The van der Waals surface area contributed by atoms with E-state index >= 15 is 0 Å². The third kappa shape index (κ3) is 4.15. The molecule has 0 spiro atoms. The zero-order chi connectivity index (χ0) is 19.6. The van der Waals surface area contributed by atoms with Gasteiger partial charge in [-0.15, -0.1) is 0 Å². The van der Waals surface area contributed by atoms with E-state index < -0.39 is 23.3 Å². The first-order valence-electron chi connectivity index (χ1n) is 7.86. The molecule has 2 heterocycles. The van der Waals surface area contributed by atoms with Crippen LogP contribution in [0, 0.1) is 12.7 Å². The number of alkyl halides is 3. The van der Waals surface area contributed by atoms with Crippen molar-refractivity contribution < 1.29 is 26.8 Å². The van der Waals surface area contributed by atoms with Crippen molar-refractivity contribution in [3.63, 3.8) is 0 Å². The normalized spacial score (nSPS) is 11.6. The van der Waals surface area contributed by atoms with E-state index in [0.29, 0.717) is 11.3 Å². The Morgan fingerprint density at radius 2 is 1.96 bits per heavy atom. The second kappa shape index (κ2) is 7.22. The fourth-order valence-corrected chi connectivity index (χ4v) is 2.45. The van der Waals surface area contributed by atoms with Crippen LogP contribution in [0.5, 0.6) is 0 Å². The van der Waals surface area contributed by atoms with E-state index in [1.54, 1.807) is 0 Å². The number of amides is 1. The minimum atomic E-state index is -4.73. The number of carbonyl (C=O) groups is 1. The summed E-state index contributed by atoms with van der Waals surface area (Å²) in [6, 6.07) is 5.55. The Kier molecular flexibility index (Phi) is 4.98. The molecule has 0 aliphatic heterocycles. The van der Waals surface area contributed by atoms with Crippen molar-refractivity contribution in [3.8, 4) is 11.5 Å². The molecular formula is C17H14F4N4O2. The fraction of sp³-hybridized carbons (Fsp3) is 0.235. The second-order valence-corrected chi connectivity index (χ2v) is 5.73. The number of hydrogen-bond donors (Lipinski definition) is 2. The van der Waals surface area contributed by atoms with Crippen molar-refractivity contribution >= 4 is 5.91 Å². The summed E-state index contributed by atoms with van der Waals surface area (Å²) >= 11 is 0. The first-order chi connectivity index (χ1) is 12.8. The van der Waals surface area contributed by atoms with Crippen molar-refractivity contribution in [2.24, 2.45) is 0 Å². The molecule has 1 aromatic carbocycles. The number of H-pyrrole nitrogens is 1. The molecule has 0 bridgehead atoms. The van der Waals surface area contributed by atoms with Crippen molar-refractivity contribution in [3.05, 3.63) is 59.0 Å². The summed E-state index contributed by atoms with van der Waals surface area (Å²) in [5, 5.41) is 7.74. The predicted molar refractivity (Wildman–Crippen MR) is 86.3 cm³/mol. The molecule has 3 aromatic rings. The van der Waals surface area contributed by atoms with Crippen molar-refractivity contribution in [1.82, 2.24) is 20.5 Å². The van der Waals surface area contributed by atoms with Gasteiger partial charge in [-0.3, -0.25) is 9.89 Å². The summed E-state index contributed by atoms with van der Waals surface area (Å²) in [6.45, 7) is 1.39. The minimum absolute atomic E-state index is 0.0276. The number of oxazole rings is 1.